The van der Waals surface area contributed by atoms with Gasteiger partial charge in [-0.25, -0.2) is 0 Å². The first-order chi connectivity index (χ1) is 21.4. The Morgan fingerprint density at radius 1 is 1.04 bits per heavy atom. The highest BCUT2D eigenvalue weighted by Gasteiger charge is 2.61. The van der Waals surface area contributed by atoms with Crippen molar-refractivity contribution < 1.29 is 26.7 Å². The van der Waals surface area contributed by atoms with Gasteiger partial charge < -0.3 is 10.1 Å². The van der Waals surface area contributed by atoms with Crippen LogP contribution in [-0.4, -0.2) is 51.2 Å². The maximum absolute atomic E-state index is 13.3. The topological polar surface area (TPSA) is 88.1 Å². The second-order valence-corrected chi connectivity index (χ2v) is 10.9. The molecule has 0 aliphatic rings. The first kappa shape index (κ1) is 33.2. The second-order valence-electron chi connectivity index (χ2n) is 10.3. The Hall–Kier alpha value is -4.70. The quantitative estimate of drug-likeness (QED) is 0.0691. The van der Waals surface area contributed by atoms with E-state index in [0.717, 1.165) is 22.6 Å². The Morgan fingerprint density at radius 3 is 2.38 bits per heavy atom. The van der Waals surface area contributed by atoms with Crippen LogP contribution in [0.25, 0.3) is 17.1 Å². The number of rotatable bonds is 13. The van der Waals surface area contributed by atoms with Crippen molar-refractivity contribution in [3.8, 4) is 28.9 Å². The monoisotopic (exact) mass is 640 g/mol. The number of aromatic nitrogens is 3. The van der Waals surface area contributed by atoms with Crippen molar-refractivity contribution in [3.05, 3.63) is 89.5 Å². The Balaban J connectivity index is 1.47. The minimum Gasteiger partial charge on any atom is -0.426 e. The van der Waals surface area contributed by atoms with E-state index in [0.29, 0.717) is 36.0 Å². The van der Waals surface area contributed by atoms with Crippen LogP contribution in [-0.2, 0) is 6.42 Å². The maximum Gasteiger partial charge on any atom is 0.499 e. The molecule has 0 aliphatic heterocycles. The Morgan fingerprint density at radius 2 is 1.73 bits per heavy atom. The van der Waals surface area contributed by atoms with Crippen molar-refractivity contribution in [1.82, 2.24) is 14.8 Å². The minimum atomic E-state index is -5.86. The number of anilines is 1. The molecule has 0 fully saturated rings. The highest BCUT2D eigenvalue weighted by molar-refractivity contribution is 7.80. The largest absolute Gasteiger partial charge is 0.499 e. The molecule has 1 heterocycles. The molecule has 0 spiro atoms. The lowest BCUT2D eigenvalue weighted by Gasteiger charge is -2.20. The fourth-order valence-corrected chi connectivity index (χ4v) is 4.55. The molecule has 234 valence electrons. The molecule has 7 nitrogen and oxygen atoms in total. The van der Waals surface area contributed by atoms with Crippen LogP contribution < -0.4 is 10.1 Å². The zero-order chi connectivity index (χ0) is 32.6. The molecule has 1 aromatic heterocycles. The zero-order valence-corrected chi connectivity index (χ0v) is 25.2. The Kier molecular flexibility index (Phi) is 10.6. The van der Waals surface area contributed by atoms with Crippen LogP contribution in [0.1, 0.15) is 42.9 Å². The summed E-state index contributed by atoms with van der Waals surface area (Å²) >= 11 is 5.58. The first-order valence-corrected chi connectivity index (χ1v) is 14.3. The molecule has 45 heavy (non-hydrogen) atoms. The number of hydrogen-bond donors (Lipinski definition) is 1. The van der Waals surface area contributed by atoms with E-state index in [1.807, 2.05) is 30.3 Å². The lowest BCUT2D eigenvalue weighted by molar-refractivity contribution is -0.360. The molecule has 1 N–H and O–H groups in total. The van der Waals surface area contributed by atoms with E-state index in [-0.39, 0.29) is 18.9 Å². The van der Waals surface area contributed by atoms with Crippen molar-refractivity contribution >= 4 is 29.2 Å². The summed E-state index contributed by atoms with van der Waals surface area (Å²) in [6, 6.07) is 22.0. The molecule has 0 radical (unpaired) electrons. The molecule has 4 rings (SSSR count). The molecule has 13 heteroatoms. The minimum absolute atomic E-state index is 0.170. The van der Waals surface area contributed by atoms with Gasteiger partial charge in [-0.1, -0.05) is 74.6 Å². The third-order valence-electron chi connectivity index (χ3n) is 6.53. The average molecular weight is 641 g/mol. The summed E-state index contributed by atoms with van der Waals surface area (Å²) in [6.45, 7) is 4.96. The van der Waals surface area contributed by atoms with Gasteiger partial charge in [0.2, 0.25) is 5.95 Å². The summed E-state index contributed by atoms with van der Waals surface area (Å²) in [6.07, 6.45) is -8.63. The fraction of sp³-hybridized carbons (Fsp3) is 0.281. The number of ether oxygens (including phenoxy) is 1. The van der Waals surface area contributed by atoms with E-state index in [2.05, 4.69) is 51.1 Å². The number of thiocarbonyl (C=S) groups is 1. The molecule has 0 unspecified atom stereocenters. The van der Waals surface area contributed by atoms with Crippen molar-refractivity contribution in [2.45, 2.75) is 44.9 Å². The van der Waals surface area contributed by atoms with E-state index in [9.17, 15) is 22.0 Å². The number of hydrogen-bond acceptors (Lipinski definition) is 7. The van der Waals surface area contributed by atoms with Crippen molar-refractivity contribution in [3.63, 3.8) is 0 Å². The van der Waals surface area contributed by atoms with Gasteiger partial charge in [0, 0.05) is 29.6 Å². The van der Waals surface area contributed by atoms with Crippen LogP contribution in [0.5, 0.6) is 5.75 Å². The zero-order valence-electron chi connectivity index (χ0n) is 24.4. The molecule has 0 saturated heterocycles. The van der Waals surface area contributed by atoms with Crippen molar-refractivity contribution in [2.75, 3.05) is 18.4 Å². The number of nitrogens with zero attached hydrogens (tertiary/aromatic N) is 5. The van der Waals surface area contributed by atoms with Crippen LogP contribution in [0.2, 0.25) is 0 Å². The molecule has 0 amide bonds. The van der Waals surface area contributed by atoms with Crippen molar-refractivity contribution in [2.24, 2.45) is 4.99 Å². The van der Waals surface area contributed by atoms with Gasteiger partial charge in [-0.15, -0.1) is 5.10 Å². The van der Waals surface area contributed by atoms with Gasteiger partial charge in [-0.3, -0.25) is 4.99 Å². The number of alkyl halides is 5. The van der Waals surface area contributed by atoms with Crippen LogP contribution in [0.3, 0.4) is 0 Å². The standard InChI is InChI=1S/C32H29F5N6OS/c1-21(2)28-7-4-3-6-24(28)18-27(45)20-39-19-22-8-10-23(11-9-22)29-41-30(40-17-5-16-38)43(42-29)25-12-14-26(15-13-25)44-32(36,37)31(33,34)35/h3-4,6-15,19,21H,5,17-18,20H2,1-2H3,(H,40,41,42). The van der Waals surface area contributed by atoms with Crippen LogP contribution >= 0.6 is 12.2 Å². The van der Waals surface area contributed by atoms with Crippen LogP contribution in [0, 0.1) is 11.3 Å². The van der Waals surface area contributed by atoms with E-state index >= 15 is 0 Å². The summed E-state index contributed by atoms with van der Waals surface area (Å²) in [5, 5.41) is 16.4. The van der Waals surface area contributed by atoms with E-state index in [4.69, 9.17) is 17.5 Å². The summed E-state index contributed by atoms with van der Waals surface area (Å²) in [7, 11) is 0. The van der Waals surface area contributed by atoms with E-state index in [1.165, 1.54) is 27.9 Å². The summed E-state index contributed by atoms with van der Waals surface area (Å²) in [5.74, 6) is 0.275. The van der Waals surface area contributed by atoms with Gasteiger partial charge >= 0.3 is 12.3 Å². The van der Waals surface area contributed by atoms with Gasteiger partial charge in [0.1, 0.15) is 5.75 Å². The SMILES string of the molecule is CC(C)c1ccccc1CC(=S)CN=Cc1ccc(-c2nc(NCCC#N)n(-c3ccc(OC(F)(F)C(F)(F)F)cc3)n2)cc1. The molecule has 0 aliphatic carbocycles. The van der Waals surface area contributed by atoms with Crippen LogP contribution in [0.15, 0.2) is 77.8 Å². The lowest BCUT2D eigenvalue weighted by atomic mass is 9.94. The molecule has 0 saturated carbocycles. The third-order valence-corrected chi connectivity index (χ3v) is 6.80. The number of nitriles is 1. The van der Waals surface area contributed by atoms with Gasteiger partial charge in [0.25, 0.3) is 0 Å². The highest BCUT2D eigenvalue weighted by Crippen LogP contribution is 2.37. The Labute approximate surface area is 262 Å². The van der Waals surface area contributed by atoms with E-state index in [1.54, 1.807) is 18.3 Å². The molecule has 0 atom stereocenters. The predicted octanol–water partition coefficient (Wildman–Crippen LogP) is 7.95. The van der Waals surface area contributed by atoms with Gasteiger partial charge in [-0.2, -0.15) is 36.9 Å². The average Bonchev–Trinajstić information content (AvgIpc) is 3.41. The third kappa shape index (κ3) is 8.69. The molecule has 4 aromatic rings. The molecular weight excluding hydrogens is 611 g/mol. The normalized spacial score (nSPS) is 12.0. The maximum atomic E-state index is 13.3. The number of aliphatic imine (C=N–C) groups is 1. The summed E-state index contributed by atoms with van der Waals surface area (Å²) < 4.78 is 69.3. The predicted molar refractivity (Wildman–Crippen MR) is 166 cm³/mol. The lowest BCUT2D eigenvalue weighted by Crippen LogP contribution is -2.41. The van der Waals surface area contributed by atoms with E-state index < -0.39 is 18.0 Å². The fourth-order valence-electron chi connectivity index (χ4n) is 4.32. The second kappa shape index (κ2) is 14.4. The van der Waals surface area contributed by atoms with Gasteiger partial charge in [-0.05, 0) is 46.9 Å². The van der Waals surface area contributed by atoms with Gasteiger partial charge in [0.05, 0.1) is 24.7 Å². The number of nitrogens with one attached hydrogen (secondary N) is 1. The van der Waals surface area contributed by atoms with Gasteiger partial charge in [0.15, 0.2) is 5.82 Å². The Bertz CT molecular complexity index is 1680. The first-order valence-electron chi connectivity index (χ1n) is 13.9. The van der Waals surface area contributed by atoms with Crippen LogP contribution in [0.4, 0.5) is 27.9 Å². The smallest absolute Gasteiger partial charge is 0.426 e. The highest BCUT2D eigenvalue weighted by atomic mass is 32.1. The molecule has 3 aromatic carbocycles. The summed E-state index contributed by atoms with van der Waals surface area (Å²) in [4.78, 5) is 9.83. The van der Waals surface area contributed by atoms with Crippen molar-refractivity contribution in [1.29, 1.82) is 5.26 Å². The molecular formula is C32H29F5N6OS. The summed E-state index contributed by atoms with van der Waals surface area (Å²) in [5.41, 5.74) is 4.28. The molecule has 0 bridgehead atoms. The number of benzene rings is 3. The number of halogens is 5.